The number of nitro benzene ring substituents is 1. The van der Waals surface area contributed by atoms with E-state index in [2.05, 4.69) is 10.0 Å². The first-order valence-electron chi connectivity index (χ1n) is 9.31. The summed E-state index contributed by atoms with van der Waals surface area (Å²) in [6, 6.07) is 10.8. The molecule has 30 heavy (non-hydrogen) atoms. The summed E-state index contributed by atoms with van der Waals surface area (Å²) in [6.45, 7) is 3.57. The van der Waals surface area contributed by atoms with Gasteiger partial charge in [-0.05, 0) is 31.0 Å². The van der Waals surface area contributed by atoms with Gasteiger partial charge in [0.15, 0.2) is 0 Å². The molecule has 2 aromatic carbocycles. The van der Waals surface area contributed by atoms with Gasteiger partial charge in [0.05, 0.1) is 16.2 Å². The summed E-state index contributed by atoms with van der Waals surface area (Å²) in [5, 5.41) is 13.8. The van der Waals surface area contributed by atoms with Crippen molar-refractivity contribution in [1.29, 1.82) is 0 Å². The third-order valence-corrected chi connectivity index (χ3v) is 5.76. The van der Waals surface area contributed by atoms with Gasteiger partial charge in [0.1, 0.15) is 0 Å². The molecule has 2 rings (SSSR count). The van der Waals surface area contributed by atoms with E-state index in [9.17, 15) is 23.3 Å². The van der Waals surface area contributed by atoms with Crippen LogP contribution in [0.2, 0.25) is 0 Å². The third-order valence-electron chi connectivity index (χ3n) is 4.24. The van der Waals surface area contributed by atoms with Crippen molar-refractivity contribution in [2.75, 3.05) is 19.0 Å². The summed E-state index contributed by atoms with van der Waals surface area (Å²) in [5.74, 6) is -0.697. The van der Waals surface area contributed by atoms with Crippen LogP contribution in [0.5, 0.6) is 0 Å². The molecule has 0 aliphatic carbocycles. The molecule has 0 spiro atoms. The number of nitro groups is 1. The van der Waals surface area contributed by atoms with Crippen LogP contribution >= 0.6 is 0 Å². The highest BCUT2D eigenvalue weighted by Crippen LogP contribution is 2.24. The number of sulfonamides is 1. The summed E-state index contributed by atoms with van der Waals surface area (Å²) in [6.07, 6.45) is 0. The molecule has 1 amide bonds. The Bertz CT molecular complexity index is 1040. The SMILES string of the molecule is CC(C)NS(=O)(=O)Cc1ccccc1CNC(=O)c1cc([N+](=O)[O-])ccc1N(C)C. The van der Waals surface area contributed by atoms with Gasteiger partial charge in [-0.15, -0.1) is 0 Å². The summed E-state index contributed by atoms with van der Waals surface area (Å²) < 4.78 is 27.1. The van der Waals surface area contributed by atoms with Crippen molar-refractivity contribution >= 4 is 27.3 Å². The minimum Gasteiger partial charge on any atom is -0.377 e. The topological polar surface area (TPSA) is 122 Å². The molecule has 0 fully saturated rings. The Hall–Kier alpha value is -2.98. The minimum absolute atomic E-state index is 0.0851. The quantitative estimate of drug-likeness (QED) is 0.462. The molecule has 0 atom stereocenters. The van der Waals surface area contributed by atoms with Crippen molar-refractivity contribution in [2.24, 2.45) is 0 Å². The number of non-ortho nitro benzene ring substituents is 1. The molecule has 0 radical (unpaired) electrons. The van der Waals surface area contributed by atoms with E-state index in [0.29, 0.717) is 16.8 Å². The maximum Gasteiger partial charge on any atom is 0.270 e. The average molecular weight is 435 g/mol. The molecule has 0 saturated carbocycles. The second-order valence-corrected chi connectivity index (χ2v) is 9.09. The number of rotatable bonds is 9. The lowest BCUT2D eigenvalue weighted by atomic mass is 10.1. The Balaban J connectivity index is 2.23. The van der Waals surface area contributed by atoms with E-state index < -0.39 is 20.9 Å². The van der Waals surface area contributed by atoms with Gasteiger partial charge in [-0.3, -0.25) is 14.9 Å². The van der Waals surface area contributed by atoms with Crippen LogP contribution in [0.15, 0.2) is 42.5 Å². The Kier molecular flexibility index (Phi) is 7.52. The number of hydrogen-bond acceptors (Lipinski definition) is 6. The Morgan fingerprint density at radius 2 is 1.77 bits per heavy atom. The number of amides is 1. The van der Waals surface area contributed by atoms with E-state index in [1.807, 2.05) is 0 Å². The maximum absolute atomic E-state index is 12.8. The molecule has 2 aromatic rings. The van der Waals surface area contributed by atoms with Crippen molar-refractivity contribution in [2.45, 2.75) is 32.2 Å². The van der Waals surface area contributed by atoms with E-state index in [-0.39, 0.29) is 29.6 Å². The van der Waals surface area contributed by atoms with Gasteiger partial charge >= 0.3 is 0 Å². The van der Waals surface area contributed by atoms with Crippen LogP contribution in [-0.4, -0.2) is 39.4 Å². The van der Waals surface area contributed by atoms with Gasteiger partial charge in [-0.2, -0.15) is 0 Å². The van der Waals surface area contributed by atoms with Crippen molar-refractivity contribution in [3.05, 3.63) is 69.3 Å². The Morgan fingerprint density at radius 1 is 1.13 bits per heavy atom. The van der Waals surface area contributed by atoms with Crippen molar-refractivity contribution in [3.63, 3.8) is 0 Å². The molecular formula is C20H26N4O5S. The first-order chi connectivity index (χ1) is 14.0. The summed E-state index contributed by atoms with van der Waals surface area (Å²) in [5.41, 5.74) is 1.74. The number of nitrogens with zero attached hydrogens (tertiary/aromatic N) is 2. The highest BCUT2D eigenvalue weighted by molar-refractivity contribution is 7.88. The molecule has 10 heteroatoms. The van der Waals surface area contributed by atoms with E-state index in [0.717, 1.165) is 0 Å². The average Bonchev–Trinajstić information content (AvgIpc) is 2.65. The fourth-order valence-electron chi connectivity index (χ4n) is 2.96. The number of carbonyl (C=O) groups is 1. The van der Waals surface area contributed by atoms with Crippen LogP contribution in [0, 0.1) is 10.1 Å². The second kappa shape index (κ2) is 9.68. The largest absolute Gasteiger partial charge is 0.377 e. The van der Waals surface area contributed by atoms with Gasteiger partial charge in [-0.1, -0.05) is 24.3 Å². The van der Waals surface area contributed by atoms with Gasteiger partial charge < -0.3 is 10.2 Å². The monoisotopic (exact) mass is 434 g/mol. The number of hydrogen-bond donors (Lipinski definition) is 2. The van der Waals surface area contributed by atoms with E-state index in [1.54, 1.807) is 57.1 Å². The van der Waals surface area contributed by atoms with Crippen LogP contribution in [-0.2, 0) is 22.3 Å². The van der Waals surface area contributed by atoms with E-state index in [4.69, 9.17) is 0 Å². The summed E-state index contributed by atoms with van der Waals surface area (Å²) >= 11 is 0. The zero-order valence-electron chi connectivity index (χ0n) is 17.4. The smallest absolute Gasteiger partial charge is 0.270 e. The van der Waals surface area contributed by atoms with Gasteiger partial charge in [0.25, 0.3) is 11.6 Å². The Labute approximate surface area is 176 Å². The number of carbonyl (C=O) groups excluding carboxylic acids is 1. The molecule has 162 valence electrons. The molecule has 2 N–H and O–H groups in total. The molecule has 0 aromatic heterocycles. The van der Waals surface area contributed by atoms with Crippen LogP contribution < -0.4 is 14.9 Å². The number of anilines is 1. The normalized spacial score (nSPS) is 11.4. The predicted molar refractivity (Wildman–Crippen MR) is 116 cm³/mol. The standard InChI is InChI=1S/C20H26N4O5S/c1-14(2)22-30(28,29)13-16-8-6-5-7-15(16)12-21-20(25)18-11-17(24(26)27)9-10-19(18)23(3)4/h5-11,14,22H,12-13H2,1-4H3,(H,21,25). The minimum atomic E-state index is -3.52. The molecular weight excluding hydrogens is 408 g/mol. The van der Waals surface area contributed by atoms with Crippen molar-refractivity contribution < 1.29 is 18.1 Å². The highest BCUT2D eigenvalue weighted by atomic mass is 32.2. The maximum atomic E-state index is 12.8. The van der Waals surface area contributed by atoms with Gasteiger partial charge in [0.2, 0.25) is 10.0 Å². The van der Waals surface area contributed by atoms with Crippen LogP contribution in [0.1, 0.15) is 35.3 Å². The lowest BCUT2D eigenvalue weighted by molar-refractivity contribution is -0.384. The zero-order valence-corrected chi connectivity index (χ0v) is 18.2. The summed E-state index contributed by atoms with van der Waals surface area (Å²) in [4.78, 5) is 25.0. The number of nitrogens with one attached hydrogen (secondary N) is 2. The molecule has 0 bridgehead atoms. The second-order valence-electron chi connectivity index (χ2n) is 7.34. The van der Waals surface area contributed by atoms with Crippen molar-refractivity contribution in [1.82, 2.24) is 10.0 Å². The summed E-state index contributed by atoms with van der Waals surface area (Å²) in [7, 11) is -0.0527. The van der Waals surface area contributed by atoms with Crippen molar-refractivity contribution in [3.8, 4) is 0 Å². The molecule has 9 nitrogen and oxygen atoms in total. The van der Waals surface area contributed by atoms with Crippen LogP contribution in [0.3, 0.4) is 0 Å². The Morgan fingerprint density at radius 3 is 2.33 bits per heavy atom. The third kappa shape index (κ3) is 6.26. The van der Waals surface area contributed by atoms with Crippen LogP contribution in [0.4, 0.5) is 11.4 Å². The molecule has 0 unspecified atom stereocenters. The highest BCUT2D eigenvalue weighted by Gasteiger charge is 2.19. The molecule has 0 saturated heterocycles. The first-order valence-corrected chi connectivity index (χ1v) is 11.0. The predicted octanol–water partition coefficient (Wildman–Crippen LogP) is 2.42. The molecule has 0 aliphatic rings. The van der Waals surface area contributed by atoms with E-state index >= 15 is 0 Å². The van der Waals surface area contributed by atoms with Gasteiger partial charge in [0, 0.05) is 44.5 Å². The number of benzene rings is 2. The first kappa shape index (κ1) is 23.3. The fourth-order valence-corrected chi connectivity index (χ4v) is 4.45. The van der Waals surface area contributed by atoms with E-state index in [1.165, 1.54) is 18.2 Å². The molecule has 0 aliphatic heterocycles. The lowest BCUT2D eigenvalue weighted by Gasteiger charge is -2.17. The van der Waals surface area contributed by atoms with Gasteiger partial charge in [-0.25, -0.2) is 13.1 Å². The van der Waals surface area contributed by atoms with Crippen LogP contribution in [0.25, 0.3) is 0 Å². The molecule has 0 heterocycles. The lowest BCUT2D eigenvalue weighted by Crippen LogP contribution is -2.32. The fraction of sp³-hybridized carbons (Fsp3) is 0.350. The zero-order chi connectivity index (χ0) is 22.5.